The van der Waals surface area contributed by atoms with Crippen LogP contribution >= 0.6 is 0 Å². The van der Waals surface area contributed by atoms with Crippen molar-refractivity contribution in [2.75, 3.05) is 0 Å². The van der Waals surface area contributed by atoms with Gasteiger partial charge in [-0.1, -0.05) is 13.8 Å². The number of aliphatic hydroxyl groups excluding tert-OH is 1. The summed E-state index contributed by atoms with van der Waals surface area (Å²) in [6, 6.07) is 0. The second-order valence-electron chi connectivity index (χ2n) is 5.06. The van der Waals surface area contributed by atoms with Crippen molar-refractivity contribution in [3.05, 3.63) is 0 Å². The van der Waals surface area contributed by atoms with Crippen molar-refractivity contribution in [3.63, 3.8) is 0 Å². The molecule has 1 atom stereocenters. The van der Waals surface area contributed by atoms with Gasteiger partial charge in [-0.25, -0.2) is 4.79 Å². The molecule has 1 aliphatic carbocycles. The second kappa shape index (κ2) is 4.49. The van der Waals surface area contributed by atoms with Gasteiger partial charge in [-0.05, 0) is 37.5 Å². The molecule has 0 spiro atoms. The molecule has 15 heavy (non-hydrogen) atoms. The van der Waals surface area contributed by atoms with Crippen LogP contribution in [0, 0.1) is 11.8 Å². The zero-order valence-electron chi connectivity index (χ0n) is 9.44. The van der Waals surface area contributed by atoms with Gasteiger partial charge in [-0.3, -0.25) is 0 Å². The molecule has 1 saturated carbocycles. The maximum Gasteiger partial charge on any atom is 0.334 e. The van der Waals surface area contributed by atoms with Crippen LogP contribution in [0.2, 0.25) is 0 Å². The van der Waals surface area contributed by atoms with Gasteiger partial charge >= 0.3 is 5.97 Å². The summed E-state index contributed by atoms with van der Waals surface area (Å²) in [4.78, 5) is 10.7. The van der Waals surface area contributed by atoms with E-state index >= 15 is 0 Å². The molecule has 0 bridgehead atoms. The summed E-state index contributed by atoms with van der Waals surface area (Å²) in [7, 11) is 0. The molecule has 88 valence electrons. The summed E-state index contributed by atoms with van der Waals surface area (Å²) >= 11 is 0. The summed E-state index contributed by atoms with van der Waals surface area (Å²) in [5.74, 6) is 0.0136. The van der Waals surface area contributed by atoms with Crippen molar-refractivity contribution >= 4 is 5.97 Å². The van der Waals surface area contributed by atoms with E-state index in [-0.39, 0.29) is 0 Å². The number of carboxylic acid groups (broad SMARTS) is 1. The van der Waals surface area contributed by atoms with Gasteiger partial charge in [0.05, 0.1) is 5.54 Å². The lowest BCUT2D eigenvalue weighted by Crippen LogP contribution is -2.56. The molecule has 4 heteroatoms. The van der Waals surface area contributed by atoms with Crippen molar-refractivity contribution in [1.82, 2.24) is 0 Å². The third-order valence-electron chi connectivity index (χ3n) is 3.68. The zero-order chi connectivity index (χ0) is 11.6. The van der Waals surface area contributed by atoms with Gasteiger partial charge in [-0.2, -0.15) is 0 Å². The molecule has 4 N–H and O–H groups in total. The van der Waals surface area contributed by atoms with Gasteiger partial charge in [0.25, 0.3) is 0 Å². The van der Waals surface area contributed by atoms with Crippen LogP contribution in [0.25, 0.3) is 0 Å². The molecule has 1 unspecified atom stereocenters. The van der Waals surface area contributed by atoms with E-state index in [2.05, 4.69) is 13.8 Å². The molecule has 0 aromatic heterocycles. The minimum atomic E-state index is -1.43. The Bertz CT molecular complexity index is 232. The zero-order valence-corrected chi connectivity index (χ0v) is 9.44. The molecule has 0 aromatic carbocycles. The van der Waals surface area contributed by atoms with Gasteiger partial charge in [0.2, 0.25) is 0 Å². The van der Waals surface area contributed by atoms with Crippen molar-refractivity contribution in [2.24, 2.45) is 17.6 Å². The fraction of sp³-hybridized carbons (Fsp3) is 0.909. The van der Waals surface area contributed by atoms with E-state index in [0.717, 1.165) is 12.8 Å². The number of aliphatic carboxylic acids is 1. The summed E-state index contributed by atoms with van der Waals surface area (Å²) in [5, 5.41) is 18.3. The third kappa shape index (κ3) is 2.69. The maximum atomic E-state index is 10.7. The summed E-state index contributed by atoms with van der Waals surface area (Å²) in [6.45, 7) is 4.34. The molecular formula is C11H21NO3. The molecule has 4 nitrogen and oxygen atoms in total. The SMILES string of the molecule is CC(C)C1CCC(N)(C(O)C(=O)O)CC1. The largest absolute Gasteiger partial charge is 0.479 e. The molecular weight excluding hydrogens is 194 g/mol. The molecule has 0 saturated heterocycles. The Morgan fingerprint density at radius 1 is 1.40 bits per heavy atom. The van der Waals surface area contributed by atoms with Crippen LogP contribution < -0.4 is 5.73 Å². The van der Waals surface area contributed by atoms with E-state index in [9.17, 15) is 9.90 Å². The van der Waals surface area contributed by atoms with Crippen LogP contribution in [0.5, 0.6) is 0 Å². The molecule has 0 radical (unpaired) electrons. The monoisotopic (exact) mass is 215 g/mol. The molecule has 1 rings (SSSR count). The van der Waals surface area contributed by atoms with Crippen LogP contribution in [-0.2, 0) is 4.79 Å². The Kier molecular flexibility index (Phi) is 3.73. The topological polar surface area (TPSA) is 83.5 Å². The number of nitrogens with two attached hydrogens (primary N) is 1. The van der Waals surface area contributed by atoms with Gasteiger partial charge in [0, 0.05) is 0 Å². The highest BCUT2D eigenvalue weighted by Gasteiger charge is 2.41. The second-order valence-corrected chi connectivity index (χ2v) is 5.06. The first-order valence-corrected chi connectivity index (χ1v) is 5.56. The average Bonchev–Trinajstić information content (AvgIpc) is 2.17. The first kappa shape index (κ1) is 12.5. The fourth-order valence-electron chi connectivity index (χ4n) is 2.36. The highest BCUT2D eigenvalue weighted by molar-refractivity contribution is 5.73. The smallest absolute Gasteiger partial charge is 0.334 e. The number of carboxylic acids is 1. The Labute approximate surface area is 90.5 Å². The van der Waals surface area contributed by atoms with Crippen LogP contribution in [0.4, 0.5) is 0 Å². The van der Waals surface area contributed by atoms with Crippen LogP contribution in [0.15, 0.2) is 0 Å². The minimum Gasteiger partial charge on any atom is -0.479 e. The molecule has 0 aromatic rings. The van der Waals surface area contributed by atoms with Gasteiger partial charge in [0.15, 0.2) is 6.10 Å². The Hall–Kier alpha value is -0.610. The lowest BCUT2D eigenvalue weighted by molar-refractivity contribution is -0.151. The summed E-state index contributed by atoms with van der Waals surface area (Å²) in [6.07, 6.45) is 1.61. The molecule has 1 aliphatic rings. The van der Waals surface area contributed by atoms with Crippen molar-refractivity contribution < 1.29 is 15.0 Å². The van der Waals surface area contributed by atoms with Crippen LogP contribution in [0.1, 0.15) is 39.5 Å². The van der Waals surface area contributed by atoms with E-state index in [1.54, 1.807) is 0 Å². The number of hydrogen-bond donors (Lipinski definition) is 3. The molecule has 0 heterocycles. The van der Waals surface area contributed by atoms with Crippen molar-refractivity contribution in [2.45, 2.75) is 51.2 Å². The van der Waals surface area contributed by atoms with E-state index < -0.39 is 17.6 Å². The number of carbonyl (C=O) groups is 1. The maximum absolute atomic E-state index is 10.7. The highest BCUT2D eigenvalue weighted by Crippen LogP contribution is 2.36. The quantitative estimate of drug-likeness (QED) is 0.655. The Morgan fingerprint density at radius 3 is 2.20 bits per heavy atom. The molecule has 0 amide bonds. The first-order valence-electron chi connectivity index (χ1n) is 5.56. The summed E-state index contributed by atoms with van der Waals surface area (Å²) in [5.41, 5.74) is 5.02. The van der Waals surface area contributed by atoms with Crippen LogP contribution in [-0.4, -0.2) is 27.8 Å². The molecule has 0 aliphatic heterocycles. The minimum absolute atomic E-state index is 0.601. The van der Waals surface area contributed by atoms with Gasteiger partial charge in [-0.15, -0.1) is 0 Å². The number of rotatable bonds is 3. The normalized spacial score (nSPS) is 34.1. The fourth-order valence-corrected chi connectivity index (χ4v) is 2.36. The predicted octanol–water partition coefficient (Wildman–Crippen LogP) is 0.976. The molecule has 1 fully saturated rings. The Morgan fingerprint density at radius 2 is 1.87 bits per heavy atom. The summed E-state index contributed by atoms with van der Waals surface area (Å²) < 4.78 is 0. The van der Waals surface area contributed by atoms with E-state index in [1.165, 1.54) is 0 Å². The standard InChI is InChI=1S/C11H21NO3/c1-7(2)8-3-5-11(12,6-4-8)9(13)10(14)15/h7-9,13H,3-6,12H2,1-2H3,(H,14,15). The van der Waals surface area contributed by atoms with Crippen molar-refractivity contribution in [3.8, 4) is 0 Å². The number of hydrogen-bond acceptors (Lipinski definition) is 3. The third-order valence-corrected chi connectivity index (χ3v) is 3.68. The lowest BCUT2D eigenvalue weighted by Gasteiger charge is -2.40. The van der Waals surface area contributed by atoms with E-state index in [1.807, 2.05) is 0 Å². The predicted molar refractivity (Wildman–Crippen MR) is 57.4 cm³/mol. The highest BCUT2D eigenvalue weighted by atomic mass is 16.4. The average molecular weight is 215 g/mol. The number of aliphatic hydroxyl groups is 1. The first-order chi connectivity index (χ1) is 6.87. The van der Waals surface area contributed by atoms with Gasteiger partial charge < -0.3 is 15.9 Å². The van der Waals surface area contributed by atoms with E-state index in [0.29, 0.717) is 24.7 Å². The lowest BCUT2D eigenvalue weighted by atomic mass is 9.71. The van der Waals surface area contributed by atoms with Crippen molar-refractivity contribution in [1.29, 1.82) is 0 Å². The Balaban J connectivity index is 2.58. The van der Waals surface area contributed by atoms with Crippen LogP contribution in [0.3, 0.4) is 0 Å². The van der Waals surface area contributed by atoms with Gasteiger partial charge in [0.1, 0.15) is 0 Å². The van der Waals surface area contributed by atoms with E-state index in [4.69, 9.17) is 10.8 Å².